The SMILES string of the molecule is O=C(O)[C@@H]1C[C@@H](O)CN1C(=O)c1c[nH]c2ccccc12. The molecule has 0 unspecified atom stereocenters. The van der Waals surface area contributed by atoms with Crippen LogP contribution in [0.15, 0.2) is 30.5 Å². The highest BCUT2D eigenvalue weighted by Gasteiger charge is 2.39. The summed E-state index contributed by atoms with van der Waals surface area (Å²) < 4.78 is 0. The van der Waals surface area contributed by atoms with Crippen molar-refractivity contribution in [1.82, 2.24) is 9.88 Å². The summed E-state index contributed by atoms with van der Waals surface area (Å²) in [6.07, 6.45) is 0.866. The Kier molecular flexibility index (Phi) is 2.94. The van der Waals surface area contributed by atoms with Crippen LogP contribution in [0.4, 0.5) is 0 Å². The molecule has 6 nitrogen and oxygen atoms in total. The van der Waals surface area contributed by atoms with Crippen LogP contribution < -0.4 is 0 Å². The summed E-state index contributed by atoms with van der Waals surface area (Å²) in [6, 6.07) is 6.36. The molecule has 3 rings (SSSR count). The maximum Gasteiger partial charge on any atom is 0.326 e. The van der Waals surface area contributed by atoms with Crippen LogP contribution in [0.3, 0.4) is 0 Å². The average Bonchev–Trinajstić information content (AvgIpc) is 3.01. The summed E-state index contributed by atoms with van der Waals surface area (Å²) in [5, 5.41) is 19.5. The normalized spacial score (nSPS) is 22.4. The van der Waals surface area contributed by atoms with Crippen LogP contribution in [0.5, 0.6) is 0 Å². The van der Waals surface area contributed by atoms with Crippen LogP contribution in [0, 0.1) is 0 Å². The largest absolute Gasteiger partial charge is 0.480 e. The van der Waals surface area contributed by atoms with Gasteiger partial charge >= 0.3 is 5.97 Å². The lowest BCUT2D eigenvalue weighted by molar-refractivity contribution is -0.141. The second kappa shape index (κ2) is 4.64. The number of carbonyl (C=O) groups is 2. The molecule has 0 aliphatic carbocycles. The van der Waals surface area contributed by atoms with Gasteiger partial charge in [-0.15, -0.1) is 0 Å². The Hall–Kier alpha value is -2.34. The molecule has 0 bridgehead atoms. The minimum absolute atomic E-state index is 0.0509. The van der Waals surface area contributed by atoms with E-state index in [2.05, 4.69) is 4.98 Å². The van der Waals surface area contributed by atoms with Crippen molar-refractivity contribution < 1.29 is 19.8 Å². The molecule has 1 amide bonds. The molecule has 0 saturated carbocycles. The number of carboxylic acids is 1. The number of benzene rings is 1. The third kappa shape index (κ3) is 1.94. The second-order valence-electron chi connectivity index (χ2n) is 4.95. The van der Waals surface area contributed by atoms with Gasteiger partial charge in [0.05, 0.1) is 11.7 Å². The fraction of sp³-hybridized carbons (Fsp3) is 0.286. The van der Waals surface area contributed by atoms with E-state index in [9.17, 15) is 14.7 Å². The number of aromatic amines is 1. The van der Waals surface area contributed by atoms with E-state index in [1.807, 2.05) is 18.2 Å². The number of aliphatic carboxylic acids is 1. The molecule has 1 saturated heterocycles. The number of aromatic nitrogens is 1. The fourth-order valence-corrected chi connectivity index (χ4v) is 2.68. The number of nitrogens with one attached hydrogen (secondary N) is 1. The number of nitrogens with zero attached hydrogens (tertiary/aromatic N) is 1. The zero-order valence-corrected chi connectivity index (χ0v) is 10.6. The molecule has 2 heterocycles. The molecule has 104 valence electrons. The second-order valence-corrected chi connectivity index (χ2v) is 4.95. The molecule has 20 heavy (non-hydrogen) atoms. The molecular weight excluding hydrogens is 260 g/mol. The molecule has 1 aliphatic heterocycles. The Bertz CT molecular complexity index is 679. The summed E-state index contributed by atoms with van der Waals surface area (Å²) in [5.41, 5.74) is 1.25. The number of hydrogen-bond acceptors (Lipinski definition) is 3. The topological polar surface area (TPSA) is 93.6 Å². The number of carbonyl (C=O) groups excluding carboxylic acids is 1. The predicted octanol–water partition coefficient (Wildman–Crippen LogP) is 0.828. The molecule has 1 aromatic heterocycles. The number of aliphatic hydroxyl groups is 1. The summed E-state index contributed by atoms with van der Waals surface area (Å²) in [6.45, 7) is 0.0509. The first-order valence-corrected chi connectivity index (χ1v) is 6.36. The molecule has 3 N–H and O–H groups in total. The van der Waals surface area contributed by atoms with Crippen molar-refractivity contribution in [2.24, 2.45) is 0 Å². The van der Waals surface area contributed by atoms with Gasteiger partial charge in [0, 0.05) is 30.1 Å². The van der Waals surface area contributed by atoms with Crippen molar-refractivity contribution >= 4 is 22.8 Å². The minimum atomic E-state index is -1.09. The average molecular weight is 274 g/mol. The smallest absolute Gasteiger partial charge is 0.326 e. The molecule has 2 aromatic rings. The van der Waals surface area contributed by atoms with Gasteiger partial charge in [-0.25, -0.2) is 4.79 Å². The van der Waals surface area contributed by atoms with Crippen LogP contribution in [-0.4, -0.2) is 50.7 Å². The minimum Gasteiger partial charge on any atom is -0.480 e. The van der Waals surface area contributed by atoms with Crippen molar-refractivity contribution in [3.63, 3.8) is 0 Å². The standard InChI is InChI=1S/C14H14N2O4/c17-8-5-12(14(19)20)16(7-8)13(18)10-6-15-11-4-2-1-3-9(10)11/h1-4,6,8,12,15,17H,5,7H2,(H,19,20)/t8-,12+/m1/s1. The lowest BCUT2D eigenvalue weighted by atomic mass is 10.1. The van der Waals surface area contributed by atoms with Crippen molar-refractivity contribution in [2.45, 2.75) is 18.6 Å². The number of likely N-dealkylation sites (tertiary alicyclic amines) is 1. The summed E-state index contributed by atoms with van der Waals surface area (Å²) in [5.74, 6) is -1.46. The number of fused-ring (bicyclic) bond motifs is 1. The zero-order chi connectivity index (χ0) is 14.3. The van der Waals surface area contributed by atoms with Crippen LogP contribution in [0.25, 0.3) is 10.9 Å². The van der Waals surface area contributed by atoms with E-state index in [0.29, 0.717) is 5.56 Å². The third-order valence-corrected chi connectivity index (χ3v) is 3.64. The van der Waals surface area contributed by atoms with Crippen molar-refractivity contribution in [2.75, 3.05) is 6.54 Å². The summed E-state index contributed by atoms with van der Waals surface area (Å²) >= 11 is 0. The maximum atomic E-state index is 12.5. The number of rotatable bonds is 2. The fourth-order valence-electron chi connectivity index (χ4n) is 2.68. The number of H-pyrrole nitrogens is 1. The highest BCUT2D eigenvalue weighted by molar-refractivity contribution is 6.07. The highest BCUT2D eigenvalue weighted by atomic mass is 16.4. The van der Waals surface area contributed by atoms with Crippen LogP contribution >= 0.6 is 0 Å². The molecule has 1 aromatic carbocycles. The van der Waals surface area contributed by atoms with Gasteiger partial charge in [-0.2, -0.15) is 0 Å². The van der Waals surface area contributed by atoms with Gasteiger partial charge in [0.25, 0.3) is 5.91 Å². The molecule has 0 radical (unpaired) electrons. The van der Waals surface area contributed by atoms with Crippen molar-refractivity contribution in [3.8, 4) is 0 Å². The number of carboxylic acid groups (broad SMARTS) is 1. The molecule has 1 aliphatic rings. The van der Waals surface area contributed by atoms with Gasteiger partial charge in [0.15, 0.2) is 0 Å². The Morgan fingerprint density at radius 1 is 1.30 bits per heavy atom. The van der Waals surface area contributed by atoms with Gasteiger partial charge in [0.1, 0.15) is 6.04 Å². The van der Waals surface area contributed by atoms with E-state index in [0.717, 1.165) is 10.9 Å². The van der Waals surface area contributed by atoms with Crippen molar-refractivity contribution in [3.05, 3.63) is 36.0 Å². The van der Waals surface area contributed by atoms with Gasteiger partial charge in [-0.3, -0.25) is 4.79 Å². The number of hydrogen-bond donors (Lipinski definition) is 3. The molecular formula is C14H14N2O4. The van der Waals surface area contributed by atoms with E-state index in [4.69, 9.17) is 5.11 Å². The van der Waals surface area contributed by atoms with E-state index >= 15 is 0 Å². The summed E-state index contributed by atoms with van der Waals surface area (Å²) in [7, 11) is 0. The molecule has 1 fully saturated rings. The van der Waals surface area contributed by atoms with Crippen molar-refractivity contribution in [1.29, 1.82) is 0 Å². The highest BCUT2D eigenvalue weighted by Crippen LogP contribution is 2.25. The Labute approximate surface area is 114 Å². The maximum absolute atomic E-state index is 12.5. The van der Waals surface area contributed by atoms with Gasteiger partial charge < -0.3 is 20.1 Å². The van der Waals surface area contributed by atoms with E-state index in [1.54, 1.807) is 12.3 Å². The first-order chi connectivity index (χ1) is 9.58. The van der Waals surface area contributed by atoms with Crippen LogP contribution in [0.1, 0.15) is 16.8 Å². The van der Waals surface area contributed by atoms with Gasteiger partial charge in [0.2, 0.25) is 0 Å². The zero-order valence-electron chi connectivity index (χ0n) is 10.6. The van der Waals surface area contributed by atoms with E-state index in [1.165, 1.54) is 4.90 Å². The number of aliphatic hydroxyl groups excluding tert-OH is 1. The molecule has 2 atom stereocenters. The number of β-amino-alcohol motifs (C(OH)–C–C–N with tert-alkyl or cyclic N) is 1. The summed E-state index contributed by atoms with van der Waals surface area (Å²) in [4.78, 5) is 27.9. The molecule has 0 spiro atoms. The van der Waals surface area contributed by atoms with E-state index in [-0.39, 0.29) is 18.9 Å². The quantitative estimate of drug-likeness (QED) is 0.756. The predicted molar refractivity (Wildman–Crippen MR) is 71.4 cm³/mol. The first kappa shape index (κ1) is 12.7. The van der Waals surface area contributed by atoms with Gasteiger partial charge in [-0.1, -0.05) is 18.2 Å². The Balaban J connectivity index is 1.98. The number of para-hydroxylation sites is 1. The Morgan fingerprint density at radius 3 is 2.80 bits per heavy atom. The van der Waals surface area contributed by atoms with Crippen LogP contribution in [0.2, 0.25) is 0 Å². The molecule has 6 heteroatoms. The lowest BCUT2D eigenvalue weighted by Crippen LogP contribution is -2.40. The Morgan fingerprint density at radius 2 is 2.05 bits per heavy atom. The lowest BCUT2D eigenvalue weighted by Gasteiger charge is -2.20. The third-order valence-electron chi connectivity index (χ3n) is 3.64. The number of amides is 1. The van der Waals surface area contributed by atoms with Gasteiger partial charge in [-0.05, 0) is 6.07 Å². The monoisotopic (exact) mass is 274 g/mol. The first-order valence-electron chi connectivity index (χ1n) is 6.36. The van der Waals surface area contributed by atoms with Crippen LogP contribution in [-0.2, 0) is 4.79 Å². The van der Waals surface area contributed by atoms with E-state index < -0.39 is 18.1 Å².